The van der Waals surface area contributed by atoms with E-state index in [0.717, 1.165) is 12.1 Å². The van der Waals surface area contributed by atoms with E-state index in [1.165, 1.54) is 30.5 Å². The summed E-state index contributed by atoms with van der Waals surface area (Å²) in [6.45, 7) is 0. The summed E-state index contributed by atoms with van der Waals surface area (Å²) < 4.78 is 12.7. The van der Waals surface area contributed by atoms with Gasteiger partial charge in [-0.25, -0.2) is 4.39 Å². The Bertz CT molecular complexity index is 674. The largest absolute Gasteiger partial charge is 0.328 e. The molecule has 0 bridgehead atoms. The van der Waals surface area contributed by atoms with Gasteiger partial charge in [0.25, 0.3) is 11.8 Å². The number of pyridine rings is 1. The first-order valence-electron chi connectivity index (χ1n) is 5.61. The number of H-pyrrole nitrogens is 1. The molecule has 0 radical (unpaired) electrons. The van der Waals surface area contributed by atoms with E-state index in [-0.39, 0.29) is 16.7 Å². The molecule has 102 valence electrons. The second kappa shape index (κ2) is 5.79. The molecule has 1 aromatic carbocycles. The number of carbonyl (C=O) groups is 2. The van der Waals surface area contributed by atoms with Crippen molar-refractivity contribution in [2.24, 2.45) is 0 Å². The third-order valence-electron chi connectivity index (χ3n) is 2.44. The van der Waals surface area contributed by atoms with Gasteiger partial charge in [0.15, 0.2) is 0 Å². The normalized spacial score (nSPS) is 9.85. The van der Waals surface area contributed by atoms with Crippen LogP contribution in [0.25, 0.3) is 0 Å². The van der Waals surface area contributed by atoms with E-state index in [0.29, 0.717) is 0 Å². The molecule has 3 N–H and O–H groups in total. The van der Waals surface area contributed by atoms with Crippen molar-refractivity contribution in [3.05, 3.63) is 69.9 Å². The Kier molecular flexibility index (Phi) is 3.90. The molecule has 7 heteroatoms. The number of halogens is 1. The van der Waals surface area contributed by atoms with Gasteiger partial charge in [-0.05, 0) is 30.3 Å². The fourth-order valence-corrected chi connectivity index (χ4v) is 1.41. The predicted octanol–water partition coefficient (Wildman–Crippen LogP) is 0.589. The maximum Gasteiger partial charge on any atom is 0.271 e. The van der Waals surface area contributed by atoms with Gasteiger partial charge in [0, 0.05) is 17.8 Å². The number of hydrazine groups is 1. The summed E-state index contributed by atoms with van der Waals surface area (Å²) in [4.78, 5) is 36.4. The van der Waals surface area contributed by atoms with Crippen LogP contribution in [0.1, 0.15) is 20.7 Å². The number of hydrogen-bond donors (Lipinski definition) is 3. The van der Waals surface area contributed by atoms with Crippen molar-refractivity contribution in [2.75, 3.05) is 0 Å². The minimum Gasteiger partial charge on any atom is -0.328 e. The molecule has 0 aliphatic rings. The molecule has 1 aromatic heterocycles. The number of nitrogens with one attached hydrogen (secondary N) is 3. The Morgan fingerprint density at radius 3 is 2.00 bits per heavy atom. The molecule has 1 heterocycles. The molecule has 2 aromatic rings. The Hall–Kier alpha value is -2.96. The summed E-state index contributed by atoms with van der Waals surface area (Å²) in [5.74, 6) is -1.63. The zero-order valence-corrected chi connectivity index (χ0v) is 10.1. The van der Waals surface area contributed by atoms with Gasteiger partial charge >= 0.3 is 0 Å². The van der Waals surface area contributed by atoms with Gasteiger partial charge in [-0.15, -0.1) is 0 Å². The van der Waals surface area contributed by atoms with Crippen LogP contribution in [-0.4, -0.2) is 16.8 Å². The lowest BCUT2D eigenvalue weighted by Gasteiger charge is -2.07. The minimum atomic E-state index is -0.586. The number of benzene rings is 1. The number of aromatic amines is 1. The number of hydrogen-bond acceptors (Lipinski definition) is 3. The molecule has 0 aliphatic carbocycles. The topological polar surface area (TPSA) is 91.1 Å². The number of carbonyl (C=O) groups excluding carboxylic acids is 2. The van der Waals surface area contributed by atoms with Crippen LogP contribution in [0.5, 0.6) is 0 Å². The monoisotopic (exact) mass is 275 g/mol. The third-order valence-corrected chi connectivity index (χ3v) is 2.44. The van der Waals surface area contributed by atoms with Crippen molar-refractivity contribution in [1.29, 1.82) is 0 Å². The Morgan fingerprint density at radius 2 is 1.45 bits per heavy atom. The maximum absolute atomic E-state index is 12.7. The van der Waals surface area contributed by atoms with Crippen molar-refractivity contribution >= 4 is 11.8 Å². The lowest BCUT2D eigenvalue weighted by molar-refractivity contribution is 0.0846. The van der Waals surface area contributed by atoms with Crippen LogP contribution in [0.15, 0.2) is 47.4 Å². The zero-order valence-electron chi connectivity index (χ0n) is 10.1. The summed E-state index contributed by atoms with van der Waals surface area (Å²) in [7, 11) is 0. The molecular formula is C13H10FN3O3. The fraction of sp³-hybridized carbons (Fsp3) is 0. The highest BCUT2D eigenvalue weighted by atomic mass is 19.1. The molecule has 0 fully saturated rings. The van der Waals surface area contributed by atoms with E-state index in [1.807, 2.05) is 0 Å². The molecule has 20 heavy (non-hydrogen) atoms. The molecule has 0 saturated heterocycles. The SMILES string of the molecule is O=C(NNC(=O)c1ccc(=O)[nH]c1)c1ccc(F)cc1. The van der Waals surface area contributed by atoms with E-state index in [9.17, 15) is 18.8 Å². The molecule has 0 atom stereocenters. The van der Waals surface area contributed by atoms with E-state index < -0.39 is 17.6 Å². The van der Waals surface area contributed by atoms with Crippen LogP contribution in [0.4, 0.5) is 4.39 Å². The first-order valence-corrected chi connectivity index (χ1v) is 5.61. The van der Waals surface area contributed by atoms with Gasteiger partial charge in [0.05, 0.1) is 5.56 Å². The van der Waals surface area contributed by atoms with E-state index in [2.05, 4.69) is 15.8 Å². The second-order valence-electron chi connectivity index (χ2n) is 3.86. The molecule has 2 rings (SSSR count). The number of amides is 2. The van der Waals surface area contributed by atoms with Crippen LogP contribution in [0, 0.1) is 5.82 Å². The fourth-order valence-electron chi connectivity index (χ4n) is 1.41. The summed E-state index contributed by atoms with van der Waals surface area (Å²) in [5.41, 5.74) is 4.41. The van der Waals surface area contributed by atoms with Crippen LogP contribution < -0.4 is 16.4 Å². The highest BCUT2D eigenvalue weighted by molar-refractivity contribution is 5.98. The van der Waals surface area contributed by atoms with Crippen molar-refractivity contribution in [2.45, 2.75) is 0 Å². The molecule has 6 nitrogen and oxygen atoms in total. The average Bonchev–Trinajstić information content (AvgIpc) is 2.46. The van der Waals surface area contributed by atoms with E-state index >= 15 is 0 Å². The number of aromatic nitrogens is 1. The van der Waals surface area contributed by atoms with Gasteiger partial charge in [-0.2, -0.15) is 0 Å². The van der Waals surface area contributed by atoms with Crippen LogP contribution in [0.2, 0.25) is 0 Å². The Morgan fingerprint density at radius 1 is 0.900 bits per heavy atom. The quantitative estimate of drug-likeness (QED) is 0.700. The Balaban J connectivity index is 1.96. The molecule has 2 amide bonds. The van der Waals surface area contributed by atoms with Crippen molar-refractivity contribution in [3.63, 3.8) is 0 Å². The predicted molar refractivity (Wildman–Crippen MR) is 68.4 cm³/mol. The van der Waals surface area contributed by atoms with Crippen LogP contribution in [0.3, 0.4) is 0 Å². The highest BCUT2D eigenvalue weighted by Crippen LogP contribution is 2.02. The summed E-state index contributed by atoms with van der Waals surface area (Å²) in [6.07, 6.45) is 1.22. The lowest BCUT2D eigenvalue weighted by atomic mass is 10.2. The third kappa shape index (κ3) is 3.29. The molecule has 0 saturated carbocycles. The van der Waals surface area contributed by atoms with Crippen molar-refractivity contribution in [1.82, 2.24) is 15.8 Å². The van der Waals surface area contributed by atoms with Crippen LogP contribution >= 0.6 is 0 Å². The van der Waals surface area contributed by atoms with Crippen molar-refractivity contribution < 1.29 is 14.0 Å². The maximum atomic E-state index is 12.7. The first-order chi connectivity index (χ1) is 9.56. The Labute approximate surface area is 112 Å². The highest BCUT2D eigenvalue weighted by Gasteiger charge is 2.09. The lowest BCUT2D eigenvalue weighted by Crippen LogP contribution is -2.41. The smallest absolute Gasteiger partial charge is 0.271 e. The molecular weight excluding hydrogens is 265 g/mol. The second-order valence-corrected chi connectivity index (χ2v) is 3.86. The van der Waals surface area contributed by atoms with Gasteiger partial charge in [0.2, 0.25) is 5.56 Å². The summed E-state index contributed by atoms with van der Waals surface area (Å²) >= 11 is 0. The van der Waals surface area contributed by atoms with Crippen molar-refractivity contribution in [3.8, 4) is 0 Å². The van der Waals surface area contributed by atoms with Gasteiger partial charge in [0.1, 0.15) is 5.82 Å². The zero-order chi connectivity index (χ0) is 14.5. The number of rotatable bonds is 2. The summed E-state index contributed by atoms with van der Waals surface area (Å²) in [5, 5.41) is 0. The standard InChI is InChI=1S/C13H10FN3O3/c14-10-4-1-8(2-5-10)12(19)16-17-13(20)9-3-6-11(18)15-7-9/h1-7H,(H,15,18)(H,16,19)(H,17,20). The van der Waals surface area contributed by atoms with Gasteiger partial charge in [-0.1, -0.05) is 0 Å². The average molecular weight is 275 g/mol. The molecule has 0 spiro atoms. The summed E-state index contributed by atoms with van der Waals surface area (Å²) in [6, 6.07) is 7.36. The first kappa shape index (κ1) is 13.5. The van der Waals surface area contributed by atoms with E-state index in [1.54, 1.807) is 0 Å². The van der Waals surface area contributed by atoms with E-state index in [4.69, 9.17) is 0 Å². The molecule has 0 aliphatic heterocycles. The minimum absolute atomic E-state index is 0.184. The van der Waals surface area contributed by atoms with Crippen LogP contribution in [-0.2, 0) is 0 Å². The van der Waals surface area contributed by atoms with Gasteiger partial charge < -0.3 is 4.98 Å². The van der Waals surface area contributed by atoms with Gasteiger partial charge in [-0.3, -0.25) is 25.2 Å². The molecule has 0 unspecified atom stereocenters.